The van der Waals surface area contributed by atoms with Gasteiger partial charge in [-0.3, -0.25) is 0 Å². The summed E-state index contributed by atoms with van der Waals surface area (Å²) in [6, 6.07) is 7.46. The van der Waals surface area contributed by atoms with E-state index in [2.05, 4.69) is 6.92 Å². The molecule has 3 aliphatic carbocycles. The molecule has 0 bridgehead atoms. The second-order valence-electron chi connectivity index (χ2n) is 11.8. The van der Waals surface area contributed by atoms with E-state index in [1.807, 2.05) is 12.1 Å². The number of methoxy groups -OCH3 is 1. The molecule has 0 N–H and O–H groups in total. The summed E-state index contributed by atoms with van der Waals surface area (Å²) in [4.78, 5) is 0. The predicted octanol–water partition coefficient (Wildman–Crippen LogP) is 9.52. The Labute approximate surface area is 212 Å². The number of halogens is 2. The van der Waals surface area contributed by atoms with Crippen molar-refractivity contribution in [2.45, 2.75) is 128 Å². The molecular weight excluding hydrogens is 442 g/mol. The van der Waals surface area contributed by atoms with Crippen LogP contribution in [-0.2, 0) is 4.74 Å². The van der Waals surface area contributed by atoms with Crippen molar-refractivity contribution in [3.8, 4) is 5.75 Å². The Morgan fingerprint density at radius 3 is 1.94 bits per heavy atom. The number of rotatable bonds is 10. The first-order valence-corrected chi connectivity index (χ1v) is 14.7. The average Bonchev–Trinajstić information content (AvgIpc) is 2.90. The lowest BCUT2D eigenvalue weighted by Gasteiger charge is -2.39. The molecule has 0 heterocycles. The van der Waals surface area contributed by atoms with Crippen molar-refractivity contribution in [2.24, 2.45) is 23.7 Å². The first-order valence-electron chi connectivity index (χ1n) is 14.7. The van der Waals surface area contributed by atoms with Crippen LogP contribution >= 0.6 is 0 Å². The molecule has 1 aromatic carbocycles. The summed E-state index contributed by atoms with van der Waals surface area (Å²) in [6.07, 6.45) is 15.5. The molecule has 2 nitrogen and oxygen atoms in total. The molecule has 0 unspecified atom stereocenters. The van der Waals surface area contributed by atoms with Crippen LogP contribution in [0, 0.1) is 23.7 Å². The van der Waals surface area contributed by atoms with Crippen LogP contribution in [0.25, 0.3) is 0 Å². The number of hydrogen-bond donors (Lipinski definition) is 0. The highest BCUT2D eigenvalue weighted by molar-refractivity contribution is 5.30. The van der Waals surface area contributed by atoms with Gasteiger partial charge in [-0.25, -0.2) is 0 Å². The monoisotopic (exact) mass is 490 g/mol. The standard InChI is InChI=1S/C31H48F2O2/c1-3-4-5-6-23-7-9-24(10-8-23)25-11-17-28(18-12-25)31(32,33)35-30-21-15-27(16-22-30)26-13-19-29(34-2)20-14-26/h15-16,21-26,28-29H,3-14,17-20H2,1-2H3. The first kappa shape index (κ1) is 26.9. The van der Waals surface area contributed by atoms with E-state index in [0.29, 0.717) is 36.5 Å². The number of benzene rings is 1. The maximum Gasteiger partial charge on any atom is 0.400 e. The number of alkyl halides is 2. The lowest BCUT2D eigenvalue weighted by Crippen LogP contribution is -2.38. The van der Waals surface area contributed by atoms with E-state index in [9.17, 15) is 0 Å². The zero-order valence-electron chi connectivity index (χ0n) is 22.2. The van der Waals surface area contributed by atoms with Crippen LogP contribution in [-0.4, -0.2) is 19.3 Å². The molecule has 35 heavy (non-hydrogen) atoms. The van der Waals surface area contributed by atoms with E-state index in [1.54, 1.807) is 19.2 Å². The highest BCUT2D eigenvalue weighted by atomic mass is 19.3. The molecule has 3 fully saturated rings. The summed E-state index contributed by atoms with van der Waals surface area (Å²) in [5.41, 5.74) is 1.23. The Balaban J connectivity index is 1.20. The van der Waals surface area contributed by atoms with Gasteiger partial charge >= 0.3 is 6.11 Å². The molecule has 4 rings (SSSR count). The van der Waals surface area contributed by atoms with Gasteiger partial charge in [0.15, 0.2) is 0 Å². The van der Waals surface area contributed by atoms with E-state index in [4.69, 9.17) is 9.47 Å². The molecule has 3 saturated carbocycles. The molecule has 198 valence electrons. The zero-order chi connectivity index (χ0) is 24.7. The van der Waals surface area contributed by atoms with Crippen LogP contribution in [0.5, 0.6) is 5.75 Å². The molecule has 0 aromatic heterocycles. The molecule has 4 heteroatoms. The molecule has 0 radical (unpaired) electrons. The summed E-state index contributed by atoms with van der Waals surface area (Å²) in [7, 11) is 1.78. The van der Waals surface area contributed by atoms with Crippen LogP contribution in [0.3, 0.4) is 0 Å². The molecule has 0 saturated heterocycles. The zero-order valence-corrected chi connectivity index (χ0v) is 22.2. The smallest absolute Gasteiger partial charge is 0.400 e. The van der Waals surface area contributed by atoms with Gasteiger partial charge < -0.3 is 9.47 Å². The summed E-state index contributed by atoms with van der Waals surface area (Å²) >= 11 is 0. The molecule has 1 aromatic rings. The lowest BCUT2D eigenvalue weighted by molar-refractivity contribution is -0.224. The van der Waals surface area contributed by atoms with E-state index >= 15 is 8.78 Å². The van der Waals surface area contributed by atoms with Crippen molar-refractivity contribution < 1.29 is 18.3 Å². The third-order valence-electron chi connectivity index (χ3n) is 9.63. The minimum atomic E-state index is -3.08. The average molecular weight is 491 g/mol. The van der Waals surface area contributed by atoms with Gasteiger partial charge in [-0.1, -0.05) is 57.6 Å². The molecular formula is C31H48F2O2. The summed E-state index contributed by atoms with van der Waals surface area (Å²) < 4.78 is 40.9. The largest absolute Gasteiger partial charge is 0.432 e. The maximum absolute atomic E-state index is 15.1. The first-order chi connectivity index (χ1) is 17.0. The van der Waals surface area contributed by atoms with Gasteiger partial charge in [-0.15, -0.1) is 0 Å². The van der Waals surface area contributed by atoms with Gasteiger partial charge in [0.05, 0.1) is 12.0 Å². The second-order valence-corrected chi connectivity index (χ2v) is 11.8. The van der Waals surface area contributed by atoms with Crippen LogP contribution in [0.2, 0.25) is 0 Å². The molecule has 0 spiro atoms. The Morgan fingerprint density at radius 1 is 0.771 bits per heavy atom. The Bertz CT molecular complexity index is 725. The van der Waals surface area contributed by atoms with Gasteiger partial charge in [-0.2, -0.15) is 8.78 Å². The van der Waals surface area contributed by atoms with Gasteiger partial charge in [0.1, 0.15) is 5.75 Å². The van der Waals surface area contributed by atoms with E-state index < -0.39 is 12.0 Å². The van der Waals surface area contributed by atoms with Gasteiger partial charge in [0.25, 0.3) is 0 Å². The molecule has 0 atom stereocenters. The van der Waals surface area contributed by atoms with Crippen LogP contribution in [0.4, 0.5) is 8.78 Å². The van der Waals surface area contributed by atoms with Crippen molar-refractivity contribution in [1.29, 1.82) is 0 Å². The van der Waals surface area contributed by atoms with Crippen molar-refractivity contribution in [3.63, 3.8) is 0 Å². The van der Waals surface area contributed by atoms with Crippen molar-refractivity contribution in [3.05, 3.63) is 29.8 Å². The maximum atomic E-state index is 15.1. The number of ether oxygens (including phenoxy) is 2. The highest BCUT2D eigenvalue weighted by Gasteiger charge is 2.45. The fourth-order valence-electron chi connectivity index (χ4n) is 7.24. The lowest BCUT2D eigenvalue weighted by atomic mass is 9.68. The van der Waals surface area contributed by atoms with Gasteiger partial charge in [0.2, 0.25) is 0 Å². The van der Waals surface area contributed by atoms with Crippen LogP contribution < -0.4 is 4.74 Å². The number of unbranched alkanes of at least 4 members (excludes halogenated alkanes) is 2. The molecule has 0 amide bonds. The van der Waals surface area contributed by atoms with Crippen molar-refractivity contribution >= 4 is 0 Å². The second kappa shape index (κ2) is 12.9. The fraction of sp³-hybridized carbons (Fsp3) is 0.806. The Hall–Kier alpha value is -1.16. The topological polar surface area (TPSA) is 18.5 Å². The minimum absolute atomic E-state index is 0.299. The third-order valence-corrected chi connectivity index (χ3v) is 9.63. The summed E-state index contributed by atoms with van der Waals surface area (Å²) in [5, 5.41) is 0. The molecule has 0 aliphatic heterocycles. The van der Waals surface area contributed by atoms with Crippen LogP contribution in [0.1, 0.15) is 121 Å². The van der Waals surface area contributed by atoms with Gasteiger partial charge in [-0.05, 0) is 106 Å². The predicted molar refractivity (Wildman–Crippen MR) is 139 cm³/mol. The van der Waals surface area contributed by atoms with E-state index in [1.165, 1.54) is 56.9 Å². The normalized spacial score (nSPS) is 32.3. The van der Waals surface area contributed by atoms with Crippen molar-refractivity contribution in [2.75, 3.05) is 7.11 Å². The summed E-state index contributed by atoms with van der Waals surface area (Å²) in [6.45, 7) is 2.27. The summed E-state index contributed by atoms with van der Waals surface area (Å²) in [5.74, 6) is 2.46. The Kier molecular flexibility index (Phi) is 9.90. The quantitative estimate of drug-likeness (QED) is 0.304. The third kappa shape index (κ3) is 7.43. The highest BCUT2D eigenvalue weighted by Crippen LogP contribution is 2.46. The van der Waals surface area contributed by atoms with Gasteiger partial charge in [0, 0.05) is 7.11 Å². The molecule has 3 aliphatic rings. The SMILES string of the molecule is CCCCCC1CCC(C2CCC(C(F)(F)Oc3ccc(C4CCC(OC)CC4)cc3)CC2)CC1. The fourth-order valence-corrected chi connectivity index (χ4v) is 7.24. The van der Waals surface area contributed by atoms with Crippen LogP contribution in [0.15, 0.2) is 24.3 Å². The van der Waals surface area contributed by atoms with E-state index in [-0.39, 0.29) is 0 Å². The minimum Gasteiger partial charge on any atom is -0.432 e. The number of hydrogen-bond acceptors (Lipinski definition) is 2. The van der Waals surface area contributed by atoms with E-state index in [0.717, 1.165) is 50.4 Å². The Morgan fingerprint density at radius 2 is 1.37 bits per heavy atom. The van der Waals surface area contributed by atoms with Crippen molar-refractivity contribution in [1.82, 2.24) is 0 Å².